The Hall–Kier alpha value is -4.78. The Morgan fingerprint density at radius 1 is 0.912 bits per heavy atom. The van der Waals surface area contributed by atoms with Crippen molar-refractivity contribution in [3.05, 3.63) is 108 Å². The van der Waals surface area contributed by atoms with Crippen molar-refractivity contribution in [2.45, 2.75) is 6.04 Å². The van der Waals surface area contributed by atoms with Crippen LogP contribution < -0.4 is 5.32 Å². The lowest BCUT2D eigenvalue weighted by atomic mass is 9.98. The normalized spacial score (nSPS) is 14.3. The maximum Gasteiger partial charge on any atom is 0.252 e. The second-order valence-corrected chi connectivity index (χ2v) is 8.30. The summed E-state index contributed by atoms with van der Waals surface area (Å²) in [5, 5.41) is 8.77. The minimum Gasteiger partial charge on any atom is -0.346 e. The van der Waals surface area contributed by atoms with Gasteiger partial charge in [-0.2, -0.15) is 0 Å². The van der Waals surface area contributed by atoms with Gasteiger partial charge in [0, 0.05) is 29.5 Å². The summed E-state index contributed by atoms with van der Waals surface area (Å²) < 4.78 is 1.78. The van der Waals surface area contributed by atoms with E-state index >= 15 is 0 Å². The minimum atomic E-state index is -0.280. The first-order valence-corrected chi connectivity index (χ1v) is 11.0. The molecule has 0 fully saturated rings. The Bertz CT molecular complexity index is 1700. The third-order valence-electron chi connectivity index (χ3n) is 6.41. The number of nitrogens with one attached hydrogen (secondary N) is 2. The van der Waals surface area contributed by atoms with Crippen LogP contribution in [0.4, 0.5) is 0 Å². The smallest absolute Gasteiger partial charge is 0.252 e. The van der Waals surface area contributed by atoms with E-state index in [0.717, 1.165) is 38.9 Å². The standard InChI is InChI=1S/C27H18N6O/c34-27(19-12-14-29-25-18(19)11-13-28-25)31-24-17-7-2-1-6-16(17)23-20(24)8-5-9-21(23)26-30-22-10-3-4-15-33(22)32-26/h1-15,24H,(H,28,29)(H,31,34). The zero-order chi connectivity index (χ0) is 22.6. The molecule has 1 atom stereocenters. The molecule has 6 aromatic rings. The number of carbonyl (C=O) groups is 1. The van der Waals surface area contributed by atoms with Crippen LogP contribution in [0.3, 0.4) is 0 Å². The van der Waals surface area contributed by atoms with E-state index in [-0.39, 0.29) is 11.9 Å². The van der Waals surface area contributed by atoms with Crippen LogP contribution in [0, 0.1) is 0 Å². The molecule has 34 heavy (non-hydrogen) atoms. The maximum atomic E-state index is 13.4. The summed E-state index contributed by atoms with van der Waals surface area (Å²) in [4.78, 5) is 25.5. The number of carbonyl (C=O) groups excluding carboxylic acids is 1. The number of hydrogen-bond acceptors (Lipinski definition) is 4. The largest absolute Gasteiger partial charge is 0.346 e. The molecule has 1 amide bonds. The minimum absolute atomic E-state index is 0.143. The first-order chi connectivity index (χ1) is 16.8. The van der Waals surface area contributed by atoms with Gasteiger partial charge >= 0.3 is 0 Å². The van der Waals surface area contributed by atoms with Gasteiger partial charge in [0.2, 0.25) is 0 Å². The fourth-order valence-electron chi connectivity index (χ4n) is 4.91. The Morgan fingerprint density at radius 3 is 2.71 bits per heavy atom. The molecule has 0 radical (unpaired) electrons. The van der Waals surface area contributed by atoms with Crippen molar-refractivity contribution in [2.24, 2.45) is 0 Å². The first-order valence-electron chi connectivity index (χ1n) is 11.0. The number of nitrogens with zero attached hydrogens (tertiary/aromatic N) is 4. The Balaban J connectivity index is 1.36. The highest BCUT2D eigenvalue weighted by molar-refractivity contribution is 6.06. The van der Waals surface area contributed by atoms with Gasteiger partial charge in [-0.25, -0.2) is 14.5 Å². The van der Waals surface area contributed by atoms with E-state index in [1.165, 1.54) is 0 Å². The average molecular weight is 442 g/mol. The van der Waals surface area contributed by atoms with Gasteiger partial charge in [0.05, 0.1) is 11.6 Å². The molecule has 7 rings (SSSR count). The van der Waals surface area contributed by atoms with Crippen LogP contribution in [-0.2, 0) is 0 Å². The third kappa shape index (κ3) is 2.70. The van der Waals surface area contributed by atoms with Gasteiger partial charge in [0.1, 0.15) is 5.65 Å². The third-order valence-corrected chi connectivity index (χ3v) is 6.41. The zero-order valence-corrected chi connectivity index (χ0v) is 17.9. The van der Waals surface area contributed by atoms with Gasteiger partial charge in [-0.05, 0) is 46.5 Å². The van der Waals surface area contributed by atoms with Crippen LogP contribution in [0.15, 0.2) is 91.4 Å². The van der Waals surface area contributed by atoms with Crippen LogP contribution in [0.1, 0.15) is 27.5 Å². The molecule has 4 aromatic heterocycles. The number of rotatable bonds is 3. The number of aromatic nitrogens is 5. The summed E-state index contributed by atoms with van der Waals surface area (Å²) in [6, 6.07) is 23.5. The first kappa shape index (κ1) is 18.8. The van der Waals surface area contributed by atoms with E-state index in [2.05, 4.69) is 33.5 Å². The lowest BCUT2D eigenvalue weighted by molar-refractivity contribution is 0.0945. The van der Waals surface area contributed by atoms with E-state index in [4.69, 9.17) is 10.1 Å². The SMILES string of the molecule is O=C(NC1c2ccccc2-c2c(-c3nc4ccccn4n3)cccc21)c1ccnc2[nH]ccc12. The topological polar surface area (TPSA) is 88.0 Å². The van der Waals surface area contributed by atoms with E-state index < -0.39 is 0 Å². The fraction of sp³-hybridized carbons (Fsp3) is 0.0370. The molecule has 1 aliphatic rings. The van der Waals surface area contributed by atoms with E-state index in [9.17, 15) is 4.79 Å². The number of fused-ring (bicyclic) bond motifs is 5. The van der Waals surface area contributed by atoms with Crippen molar-refractivity contribution in [1.82, 2.24) is 29.9 Å². The van der Waals surface area contributed by atoms with Gasteiger partial charge in [0.25, 0.3) is 5.91 Å². The predicted octanol–water partition coefficient (Wildman–Crippen LogP) is 4.77. The molecule has 7 nitrogen and oxygen atoms in total. The van der Waals surface area contributed by atoms with E-state index in [0.29, 0.717) is 17.0 Å². The number of H-pyrrole nitrogens is 1. The molecule has 2 aromatic carbocycles. The highest BCUT2D eigenvalue weighted by Crippen LogP contribution is 2.47. The second-order valence-electron chi connectivity index (χ2n) is 8.30. The summed E-state index contributed by atoms with van der Waals surface area (Å²) in [7, 11) is 0. The van der Waals surface area contributed by atoms with Crippen LogP contribution >= 0.6 is 0 Å². The van der Waals surface area contributed by atoms with Crippen LogP contribution in [-0.4, -0.2) is 30.5 Å². The molecule has 7 heteroatoms. The second kappa shape index (κ2) is 7.11. The maximum absolute atomic E-state index is 13.4. The van der Waals surface area contributed by atoms with Crippen molar-refractivity contribution in [3.63, 3.8) is 0 Å². The molecule has 1 unspecified atom stereocenters. The zero-order valence-electron chi connectivity index (χ0n) is 17.9. The van der Waals surface area contributed by atoms with Gasteiger partial charge in [0.15, 0.2) is 11.5 Å². The number of pyridine rings is 2. The Morgan fingerprint density at radius 2 is 1.76 bits per heavy atom. The highest BCUT2D eigenvalue weighted by Gasteiger charge is 2.32. The van der Waals surface area contributed by atoms with Gasteiger partial charge in [-0.15, -0.1) is 5.10 Å². The summed E-state index contributed by atoms with van der Waals surface area (Å²) in [5.41, 5.74) is 7.25. The monoisotopic (exact) mass is 442 g/mol. The molecule has 4 heterocycles. The lowest BCUT2D eigenvalue weighted by Crippen LogP contribution is -2.28. The van der Waals surface area contributed by atoms with Crippen LogP contribution in [0.5, 0.6) is 0 Å². The van der Waals surface area contributed by atoms with Crippen LogP contribution in [0.25, 0.3) is 39.2 Å². The van der Waals surface area contributed by atoms with Gasteiger partial charge < -0.3 is 10.3 Å². The Kier molecular flexibility index (Phi) is 3.92. The summed E-state index contributed by atoms with van der Waals surface area (Å²) in [6.45, 7) is 0. The predicted molar refractivity (Wildman–Crippen MR) is 129 cm³/mol. The Labute approximate surface area is 194 Å². The number of benzene rings is 2. The molecule has 0 spiro atoms. The molecule has 1 aliphatic carbocycles. The van der Waals surface area contributed by atoms with Crippen molar-refractivity contribution in [3.8, 4) is 22.5 Å². The summed E-state index contributed by atoms with van der Waals surface area (Å²) in [6.07, 6.45) is 5.34. The molecule has 0 saturated carbocycles. The average Bonchev–Trinajstić information content (AvgIpc) is 3.60. The quantitative estimate of drug-likeness (QED) is 0.413. The molecule has 162 valence electrons. The van der Waals surface area contributed by atoms with Gasteiger partial charge in [-0.3, -0.25) is 4.79 Å². The number of amides is 1. The molecule has 0 aliphatic heterocycles. The number of aromatic amines is 1. The summed E-state index contributed by atoms with van der Waals surface area (Å²) >= 11 is 0. The van der Waals surface area contributed by atoms with E-state index in [1.807, 2.05) is 54.7 Å². The summed E-state index contributed by atoms with van der Waals surface area (Å²) in [5.74, 6) is 0.518. The van der Waals surface area contributed by atoms with E-state index in [1.54, 1.807) is 23.0 Å². The molecular weight excluding hydrogens is 424 g/mol. The molecule has 2 N–H and O–H groups in total. The van der Waals surface area contributed by atoms with Crippen molar-refractivity contribution >= 4 is 22.6 Å². The molecular formula is C27H18N6O. The van der Waals surface area contributed by atoms with Crippen LogP contribution in [0.2, 0.25) is 0 Å². The highest BCUT2D eigenvalue weighted by atomic mass is 16.1. The molecule has 0 bridgehead atoms. The van der Waals surface area contributed by atoms with Crippen molar-refractivity contribution in [2.75, 3.05) is 0 Å². The lowest BCUT2D eigenvalue weighted by Gasteiger charge is -2.16. The molecule has 0 saturated heterocycles. The number of hydrogen-bond donors (Lipinski definition) is 2. The van der Waals surface area contributed by atoms with Crippen molar-refractivity contribution < 1.29 is 4.79 Å². The van der Waals surface area contributed by atoms with Crippen molar-refractivity contribution in [1.29, 1.82) is 0 Å². The fourth-order valence-corrected chi connectivity index (χ4v) is 4.91. The van der Waals surface area contributed by atoms with Gasteiger partial charge in [-0.1, -0.05) is 48.5 Å².